The Kier molecular flexibility index (Phi) is 3.17. The maximum Gasteiger partial charge on any atom is 0.254 e. The van der Waals surface area contributed by atoms with Gasteiger partial charge in [0, 0.05) is 25.2 Å². The van der Waals surface area contributed by atoms with Crippen LogP contribution in [0.15, 0.2) is 0 Å². The van der Waals surface area contributed by atoms with Gasteiger partial charge in [-0.05, 0) is 27.7 Å². The van der Waals surface area contributed by atoms with Gasteiger partial charge < -0.3 is 15.3 Å². The van der Waals surface area contributed by atoms with E-state index in [0.717, 1.165) is 0 Å². The highest BCUT2D eigenvalue weighted by Crippen LogP contribution is 2.11. The molecule has 0 spiro atoms. The van der Waals surface area contributed by atoms with Gasteiger partial charge in [-0.15, -0.1) is 0 Å². The Bertz CT molecular complexity index is 213. The van der Waals surface area contributed by atoms with Crippen LogP contribution in [0.5, 0.6) is 0 Å². The number of piperazine rings is 1. The molecule has 1 heterocycles. The molecule has 82 valence electrons. The summed E-state index contributed by atoms with van der Waals surface area (Å²) in [7, 11) is 0. The molecule has 4 heteroatoms. The van der Waals surface area contributed by atoms with Crippen molar-refractivity contribution in [2.45, 2.75) is 45.4 Å². The highest BCUT2D eigenvalue weighted by atomic mass is 16.3. The van der Waals surface area contributed by atoms with Crippen LogP contribution in [0.4, 0.5) is 0 Å². The number of hydrogen-bond acceptors (Lipinski definition) is 3. The number of rotatable bonds is 1. The molecule has 1 aliphatic heterocycles. The summed E-state index contributed by atoms with van der Waals surface area (Å²) >= 11 is 0. The van der Waals surface area contributed by atoms with Crippen molar-refractivity contribution in [1.29, 1.82) is 0 Å². The number of carbonyl (C=O) groups excluding carboxylic acids is 1. The van der Waals surface area contributed by atoms with Crippen molar-refractivity contribution in [2.75, 3.05) is 13.1 Å². The van der Waals surface area contributed by atoms with Crippen molar-refractivity contribution in [3.05, 3.63) is 0 Å². The zero-order valence-electron chi connectivity index (χ0n) is 9.37. The monoisotopic (exact) mass is 200 g/mol. The van der Waals surface area contributed by atoms with Crippen molar-refractivity contribution in [1.82, 2.24) is 10.2 Å². The van der Waals surface area contributed by atoms with Gasteiger partial charge in [0.25, 0.3) is 5.91 Å². The predicted octanol–water partition coefficient (Wildman–Crippen LogP) is -0.0339. The fourth-order valence-corrected chi connectivity index (χ4v) is 1.88. The van der Waals surface area contributed by atoms with E-state index < -0.39 is 5.60 Å². The number of amides is 1. The highest BCUT2D eigenvalue weighted by molar-refractivity contribution is 5.84. The van der Waals surface area contributed by atoms with Crippen LogP contribution in [0.2, 0.25) is 0 Å². The molecule has 4 nitrogen and oxygen atoms in total. The van der Waals surface area contributed by atoms with Crippen LogP contribution in [-0.4, -0.2) is 46.7 Å². The molecule has 1 amide bonds. The Hall–Kier alpha value is -0.610. The van der Waals surface area contributed by atoms with Gasteiger partial charge >= 0.3 is 0 Å². The van der Waals surface area contributed by atoms with Crippen LogP contribution in [-0.2, 0) is 4.79 Å². The van der Waals surface area contributed by atoms with E-state index in [-0.39, 0.29) is 5.91 Å². The maximum absolute atomic E-state index is 11.8. The number of aliphatic hydroxyl groups is 1. The van der Waals surface area contributed by atoms with E-state index in [4.69, 9.17) is 0 Å². The predicted molar refractivity (Wildman–Crippen MR) is 54.9 cm³/mol. The van der Waals surface area contributed by atoms with Gasteiger partial charge in [0.1, 0.15) is 5.60 Å². The second-order valence-electron chi connectivity index (χ2n) is 4.74. The van der Waals surface area contributed by atoms with E-state index in [1.54, 1.807) is 4.90 Å². The minimum atomic E-state index is -1.25. The molecular formula is C10H20N2O2. The summed E-state index contributed by atoms with van der Waals surface area (Å²) in [6.07, 6.45) is 0. The largest absolute Gasteiger partial charge is 0.381 e. The summed E-state index contributed by atoms with van der Waals surface area (Å²) in [6, 6.07) is 0.593. The van der Waals surface area contributed by atoms with E-state index in [0.29, 0.717) is 25.2 Å². The average Bonchev–Trinajstić information content (AvgIpc) is 1.99. The van der Waals surface area contributed by atoms with Crippen LogP contribution < -0.4 is 5.32 Å². The van der Waals surface area contributed by atoms with Gasteiger partial charge in [-0.3, -0.25) is 4.79 Å². The Balaban J connectivity index is 2.64. The quantitative estimate of drug-likeness (QED) is 0.625. The molecule has 1 rings (SSSR count). The first-order chi connectivity index (χ1) is 6.30. The molecule has 14 heavy (non-hydrogen) atoms. The molecule has 1 aliphatic rings. The van der Waals surface area contributed by atoms with Crippen molar-refractivity contribution in [3.8, 4) is 0 Å². The Labute approximate surface area is 85.3 Å². The molecule has 2 atom stereocenters. The molecule has 1 fully saturated rings. The van der Waals surface area contributed by atoms with E-state index >= 15 is 0 Å². The molecule has 0 aromatic carbocycles. The van der Waals surface area contributed by atoms with E-state index in [1.165, 1.54) is 13.8 Å². The lowest BCUT2D eigenvalue weighted by atomic mass is 10.1. The van der Waals surface area contributed by atoms with E-state index in [1.807, 2.05) is 13.8 Å². The zero-order chi connectivity index (χ0) is 10.9. The van der Waals surface area contributed by atoms with Crippen LogP contribution in [0.3, 0.4) is 0 Å². The number of nitrogens with zero attached hydrogens (tertiary/aromatic N) is 1. The topological polar surface area (TPSA) is 52.6 Å². The van der Waals surface area contributed by atoms with Gasteiger partial charge in [0.15, 0.2) is 0 Å². The summed E-state index contributed by atoms with van der Waals surface area (Å²) in [5.74, 6) is -0.183. The summed E-state index contributed by atoms with van der Waals surface area (Å²) in [4.78, 5) is 13.5. The zero-order valence-corrected chi connectivity index (χ0v) is 9.37. The molecule has 0 saturated carbocycles. The molecule has 0 unspecified atom stereocenters. The maximum atomic E-state index is 11.8. The number of hydrogen-bond donors (Lipinski definition) is 2. The molecule has 0 radical (unpaired) electrons. The highest BCUT2D eigenvalue weighted by Gasteiger charge is 2.33. The lowest BCUT2D eigenvalue weighted by Crippen LogP contribution is -2.59. The van der Waals surface area contributed by atoms with E-state index in [2.05, 4.69) is 5.32 Å². The minimum Gasteiger partial charge on any atom is -0.381 e. The van der Waals surface area contributed by atoms with Crippen molar-refractivity contribution in [2.24, 2.45) is 0 Å². The first kappa shape index (κ1) is 11.5. The minimum absolute atomic E-state index is 0.183. The van der Waals surface area contributed by atoms with Crippen molar-refractivity contribution < 1.29 is 9.90 Å². The van der Waals surface area contributed by atoms with Gasteiger partial charge in [-0.2, -0.15) is 0 Å². The molecule has 0 aromatic rings. The average molecular weight is 200 g/mol. The standard InChI is InChI=1S/C10H20N2O2/c1-7-5-12(6-8(2)11-7)9(13)10(3,4)14/h7-8,11,14H,5-6H2,1-4H3/t7-,8+. The molecule has 0 bridgehead atoms. The first-order valence-corrected chi connectivity index (χ1v) is 5.08. The van der Waals surface area contributed by atoms with Gasteiger partial charge in [0.2, 0.25) is 0 Å². The molecule has 2 N–H and O–H groups in total. The van der Waals surface area contributed by atoms with Crippen LogP contribution in [0.25, 0.3) is 0 Å². The summed E-state index contributed by atoms with van der Waals surface area (Å²) in [5.41, 5.74) is -1.25. The third-order valence-corrected chi connectivity index (χ3v) is 2.37. The molecule has 0 aliphatic carbocycles. The summed E-state index contributed by atoms with van der Waals surface area (Å²) in [6.45, 7) is 8.50. The number of nitrogens with one attached hydrogen (secondary N) is 1. The summed E-state index contributed by atoms with van der Waals surface area (Å²) in [5, 5.41) is 12.9. The van der Waals surface area contributed by atoms with Crippen LogP contribution in [0.1, 0.15) is 27.7 Å². The second kappa shape index (κ2) is 3.87. The fourth-order valence-electron chi connectivity index (χ4n) is 1.88. The van der Waals surface area contributed by atoms with Gasteiger partial charge in [-0.25, -0.2) is 0 Å². The Morgan fingerprint density at radius 2 is 1.79 bits per heavy atom. The van der Waals surface area contributed by atoms with Crippen LogP contribution in [0, 0.1) is 0 Å². The normalized spacial score (nSPS) is 29.1. The Morgan fingerprint density at radius 1 is 1.36 bits per heavy atom. The third kappa shape index (κ3) is 2.69. The SMILES string of the molecule is C[C@@H]1CN(C(=O)C(C)(C)O)C[C@H](C)N1. The van der Waals surface area contributed by atoms with Gasteiger partial charge in [0.05, 0.1) is 0 Å². The lowest BCUT2D eigenvalue weighted by molar-refractivity contribution is -0.149. The molecule has 1 saturated heterocycles. The van der Waals surface area contributed by atoms with Crippen molar-refractivity contribution in [3.63, 3.8) is 0 Å². The molecular weight excluding hydrogens is 180 g/mol. The lowest BCUT2D eigenvalue weighted by Gasteiger charge is -2.38. The molecule has 0 aromatic heterocycles. The fraction of sp³-hybridized carbons (Fsp3) is 0.900. The van der Waals surface area contributed by atoms with Crippen LogP contribution >= 0.6 is 0 Å². The third-order valence-electron chi connectivity index (χ3n) is 2.37. The smallest absolute Gasteiger partial charge is 0.254 e. The van der Waals surface area contributed by atoms with Crippen molar-refractivity contribution >= 4 is 5.91 Å². The van der Waals surface area contributed by atoms with Gasteiger partial charge in [-0.1, -0.05) is 0 Å². The summed E-state index contributed by atoms with van der Waals surface area (Å²) < 4.78 is 0. The van der Waals surface area contributed by atoms with E-state index in [9.17, 15) is 9.90 Å². The Morgan fingerprint density at radius 3 is 2.14 bits per heavy atom. The second-order valence-corrected chi connectivity index (χ2v) is 4.74. The number of carbonyl (C=O) groups is 1. The first-order valence-electron chi connectivity index (χ1n) is 5.08.